The Morgan fingerprint density at radius 2 is 2.24 bits per heavy atom. The molecule has 0 spiro atoms. The van der Waals surface area contributed by atoms with E-state index in [0.717, 1.165) is 15.5 Å². The highest BCUT2D eigenvalue weighted by atomic mass is 32.2. The highest BCUT2D eigenvalue weighted by Gasteiger charge is 2.19. The van der Waals surface area contributed by atoms with Crippen molar-refractivity contribution in [3.05, 3.63) is 46.2 Å². The second kappa shape index (κ2) is 5.91. The first-order chi connectivity index (χ1) is 10.1. The summed E-state index contributed by atoms with van der Waals surface area (Å²) in [5, 5.41) is 4.81. The zero-order valence-electron chi connectivity index (χ0n) is 11.5. The van der Waals surface area contributed by atoms with Gasteiger partial charge in [-0.05, 0) is 29.6 Å². The van der Waals surface area contributed by atoms with Gasteiger partial charge in [0, 0.05) is 22.4 Å². The third kappa shape index (κ3) is 3.11. The zero-order chi connectivity index (χ0) is 14.8. The topological polar surface area (TPSA) is 49.4 Å². The van der Waals surface area contributed by atoms with Crippen LogP contribution in [0.2, 0.25) is 0 Å². The van der Waals surface area contributed by atoms with Crippen LogP contribution in [0.25, 0.3) is 0 Å². The number of hydrogen-bond acceptors (Lipinski definition) is 4. The van der Waals surface area contributed by atoms with Crippen LogP contribution in [0.15, 0.2) is 40.6 Å². The Morgan fingerprint density at radius 3 is 3.00 bits per heavy atom. The van der Waals surface area contributed by atoms with Crippen molar-refractivity contribution in [3.63, 3.8) is 0 Å². The number of thioether (sulfide) groups is 1. The first-order valence-electron chi connectivity index (χ1n) is 6.48. The number of thiophene rings is 1. The van der Waals surface area contributed by atoms with Gasteiger partial charge in [-0.2, -0.15) is 0 Å². The fourth-order valence-electron chi connectivity index (χ4n) is 2.14. The van der Waals surface area contributed by atoms with Crippen molar-refractivity contribution in [1.29, 1.82) is 0 Å². The molecule has 0 fully saturated rings. The molecule has 2 amide bonds. The number of carbonyl (C=O) groups is 2. The molecule has 1 aromatic heterocycles. The van der Waals surface area contributed by atoms with E-state index in [1.165, 1.54) is 11.8 Å². The van der Waals surface area contributed by atoms with Crippen molar-refractivity contribution in [1.82, 2.24) is 4.90 Å². The molecular weight excluding hydrogens is 304 g/mol. The van der Waals surface area contributed by atoms with Crippen LogP contribution in [0.5, 0.6) is 0 Å². The number of benzene rings is 1. The minimum absolute atomic E-state index is 0.0240. The van der Waals surface area contributed by atoms with Crippen molar-refractivity contribution in [3.8, 4) is 0 Å². The van der Waals surface area contributed by atoms with E-state index in [0.29, 0.717) is 17.9 Å². The summed E-state index contributed by atoms with van der Waals surface area (Å²) >= 11 is 3.13. The average Bonchev–Trinajstić information content (AvgIpc) is 2.98. The number of amides is 2. The van der Waals surface area contributed by atoms with Crippen molar-refractivity contribution in [2.75, 3.05) is 18.1 Å². The average molecular weight is 318 g/mol. The molecule has 108 valence electrons. The predicted octanol–water partition coefficient (Wildman–Crippen LogP) is 3.06. The van der Waals surface area contributed by atoms with Crippen LogP contribution in [0.1, 0.15) is 15.2 Å². The van der Waals surface area contributed by atoms with Gasteiger partial charge >= 0.3 is 0 Å². The van der Waals surface area contributed by atoms with Gasteiger partial charge in [0.25, 0.3) is 5.91 Å². The number of anilines is 1. The van der Waals surface area contributed by atoms with Crippen LogP contribution in [0, 0.1) is 0 Å². The summed E-state index contributed by atoms with van der Waals surface area (Å²) in [5.41, 5.74) is 1.32. The number of nitrogens with zero attached hydrogens (tertiary/aromatic N) is 1. The third-order valence-corrected chi connectivity index (χ3v) is 5.11. The molecule has 2 aromatic rings. The number of nitrogens with one attached hydrogen (secondary N) is 1. The van der Waals surface area contributed by atoms with Crippen LogP contribution in [0.3, 0.4) is 0 Å². The van der Waals surface area contributed by atoms with Crippen LogP contribution in [-0.2, 0) is 11.3 Å². The van der Waals surface area contributed by atoms with E-state index in [9.17, 15) is 9.59 Å². The number of carbonyl (C=O) groups excluding carboxylic acids is 2. The van der Waals surface area contributed by atoms with Crippen molar-refractivity contribution >= 4 is 40.6 Å². The number of hydrogen-bond donors (Lipinski definition) is 1. The molecular formula is C15H14N2O2S2. The summed E-state index contributed by atoms with van der Waals surface area (Å²) < 4.78 is 0. The van der Waals surface area contributed by atoms with Gasteiger partial charge in [-0.25, -0.2) is 0 Å². The van der Waals surface area contributed by atoms with Gasteiger partial charge in [0.2, 0.25) is 5.91 Å². The Labute approximate surface area is 131 Å². The minimum Gasteiger partial charge on any atom is -0.337 e. The summed E-state index contributed by atoms with van der Waals surface area (Å²) in [4.78, 5) is 27.7. The lowest BCUT2D eigenvalue weighted by atomic mass is 10.1. The summed E-state index contributed by atoms with van der Waals surface area (Å²) in [7, 11) is 1.79. The molecule has 1 aliphatic heterocycles. The van der Waals surface area contributed by atoms with Gasteiger partial charge in [0.1, 0.15) is 0 Å². The second-order valence-electron chi connectivity index (χ2n) is 4.79. The molecule has 1 N–H and O–H groups in total. The van der Waals surface area contributed by atoms with Gasteiger partial charge in [-0.3, -0.25) is 9.59 Å². The molecule has 1 aromatic carbocycles. The Bertz CT molecular complexity index is 683. The summed E-state index contributed by atoms with van der Waals surface area (Å²) in [6.45, 7) is 0.592. The third-order valence-electron chi connectivity index (χ3n) is 3.18. The van der Waals surface area contributed by atoms with E-state index in [1.807, 2.05) is 29.6 Å². The molecule has 2 heterocycles. The van der Waals surface area contributed by atoms with Crippen LogP contribution in [0.4, 0.5) is 5.69 Å². The molecule has 6 heteroatoms. The van der Waals surface area contributed by atoms with Gasteiger partial charge in [0.15, 0.2) is 0 Å². The first-order valence-corrected chi connectivity index (χ1v) is 8.34. The van der Waals surface area contributed by atoms with E-state index in [1.54, 1.807) is 29.4 Å². The summed E-state index contributed by atoms with van der Waals surface area (Å²) in [6, 6.07) is 9.46. The first kappa shape index (κ1) is 14.2. The fraction of sp³-hybridized carbons (Fsp3) is 0.200. The van der Waals surface area contributed by atoms with Crippen LogP contribution >= 0.6 is 23.1 Å². The second-order valence-corrected chi connectivity index (χ2v) is 6.84. The van der Waals surface area contributed by atoms with Crippen molar-refractivity contribution in [2.24, 2.45) is 0 Å². The lowest BCUT2D eigenvalue weighted by Gasteiger charge is -2.20. The molecule has 21 heavy (non-hydrogen) atoms. The maximum atomic E-state index is 12.4. The Balaban J connectivity index is 1.78. The fourth-order valence-corrected chi connectivity index (χ4v) is 3.69. The standard InChI is InChI=1S/C15H14N2O2S2/c1-17(8-11-3-2-6-20-11)15(19)10-4-5-13-12(7-10)16-14(18)9-21-13/h2-7H,8-9H2,1H3,(H,16,18). The summed E-state index contributed by atoms with van der Waals surface area (Å²) in [6.07, 6.45) is 0. The normalized spacial score (nSPS) is 13.5. The Kier molecular flexibility index (Phi) is 3.98. The van der Waals surface area contributed by atoms with E-state index >= 15 is 0 Å². The van der Waals surface area contributed by atoms with Crippen molar-refractivity contribution in [2.45, 2.75) is 11.4 Å². The van der Waals surface area contributed by atoms with Crippen molar-refractivity contribution < 1.29 is 9.59 Å². The molecule has 3 rings (SSSR count). The number of rotatable bonds is 3. The molecule has 0 saturated carbocycles. The van der Waals surface area contributed by atoms with Gasteiger partial charge in [0.05, 0.1) is 18.0 Å². The maximum Gasteiger partial charge on any atom is 0.253 e. The zero-order valence-corrected chi connectivity index (χ0v) is 13.1. The highest BCUT2D eigenvalue weighted by molar-refractivity contribution is 8.00. The smallest absolute Gasteiger partial charge is 0.253 e. The van der Waals surface area contributed by atoms with E-state index < -0.39 is 0 Å². The van der Waals surface area contributed by atoms with Crippen LogP contribution < -0.4 is 5.32 Å². The monoisotopic (exact) mass is 318 g/mol. The maximum absolute atomic E-state index is 12.4. The number of fused-ring (bicyclic) bond motifs is 1. The largest absolute Gasteiger partial charge is 0.337 e. The van der Waals surface area contributed by atoms with Gasteiger partial charge in [-0.15, -0.1) is 23.1 Å². The van der Waals surface area contributed by atoms with Crippen LogP contribution in [-0.4, -0.2) is 29.5 Å². The molecule has 0 bridgehead atoms. The molecule has 0 unspecified atom stereocenters. The lowest BCUT2D eigenvalue weighted by molar-refractivity contribution is -0.113. The lowest BCUT2D eigenvalue weighted by Crippen LogP contribution is -2.26. The van der Waals surface area contributed by atoms with E-state index in [4.69, 9.17) is 0 Å². The molecule has 0 saturated heterocycles. The highest BCUT2D eigenvalue weighted by Crippen LogP contribution is 2.32. The molecule has 0 radical (unpaired) electrons. The molecule has 0 aliphatic carbocycles. The quantitative estimate of drug-likeness (QED) is 0.946. The predicted molar refractivity (Wildman–Crippen MR) is 85.9 cm³/mol. The van der Waals surface area contributed by atoms with Gasteiger partial charge in [-0.1, -0.05) is 6.07 Å². The van der Waals surface area contributed by atoms with E-state index in [-0.39, 0.29) is 11.8 Å². The SMILES string of the molecule is CN(Cc1cccs1)C(=O)c1ccc2c(c1)NC(=O)CS2. The molecule has 4 nitrogen and oxygen atoms in total. The van der Waals surface area contributed by atoms with E-state index in [2.05, 4.69) is 5.32 Å². The Morgan fingerprint density at radius 1 is 1.38 bits per heavy atom. The Hall–Kier alpha value is -1.79. The summed E-state index contributed by atoms with van der Waals surface area (Å²) in [5.74, 6) is 0.360. The van der Waals surface area contributed by atoms with Gasteiger partial charge < -0.3 is 10.2 Å². The molecule has 0 atom stereocenters. The molecule has 1 aliphatic rings. The minimum atomic E-state index is -0.0453.